The summed E-state index contributed by atoms with van der Waals surface area (Å²) in [7, 11) is 0. The summed E-state index contributed by atoms with van der Waals surface area (Å²) in [5, 5.41) is 0. The lowest BCUT2D eigenvalue weighted by Gasteiger charge is -2.27. The highest BCUT2D eigenvalue weighted by atomic mass is 16.2. The fraction of sp³-hybridized carbons (Fsp3) is 0.632. The second-order valence-corrected chi connectivity index (χ2v) is 6.97. The van der Waals surface area contributed by atoms with E-state index in [0.717, 1.165) is 45.1 Å². The largest absolute Gasteiger partial charge is 0.340 e. The van der Waals surface area contributed by atoms with Crippen molar-refractivity contribution in [1.29, 1.82) is 0 Å². The molecule has 2 N–H and O–H groups in total. The average Bonchev–Trinajstić information content (AvgIpc) is 3.16. The third-order valence-electron chi connectivity index (χ3n) is 5.46. The van der Waals surface area contributed by atoms with Crippen molar-refractivity contribution in [3.8, 4) is 0 Å². The Kier molecular flexibility index (Phi) is 5.14. The highest BCUT2D eigenvalue weighted by Crippen LogP contribution is 2.29. The van der Waals surface area contributed by atoms with Crippen molar-refractivity contribution in [2.75, 3.05) is 6.54 Å². The number of carbonyl (C=O) groups excluding carboxylic acids is 1. The predicted octanol–water partition coefficient (Wildman–Crippen LogP) is 3.13. The van der Waals surface area contributed by atoms with Gasteiger partial charge < -0.3 is 10.6 Å². The topological polar surface area (TPSA) is 46.3 Å². The zero-order chi connectivity index (χ0) is 15.4. The summed E-state index contributed by atoms with van der Waals surface area (Å²) in [5.74, 6) is 0.765. The number of carbonyl (C=O) groups is 1. The van der Waals surface area contributed by atoms with Crippen molar-refractivity contribution < 1.29 is 4.79 Å². The molecule has 1 aliphatic carbocycles. The lowest BCUT2D eigenvalue weighted by Crippen LogP contribution is -2.38. The van der Waals surface area contributed by atoms with Gasteiger partial charge in [-0.3, -0.25) is 4.79 Å². The maximum absolute atomic E-state index is 12.6. The van der Waals surface area contributed by atoms with Crippen LogP contribution in [0.25, 0.3) is 0 Å². The van der Waals surface area contributed by atoms with Crippen LogP contribution in [-0.2, 0) is 11.2 Å². The highest BCUT2D eigenvalue weighted by molar-refractivity contribution is 5.77. The van der Waals surface area contributed by atoms with E-state index in [1.165, 1.54) is 12.0 Å². The summed E-state index contributed by atoms with van der Waals surface area (Å²) in [5.41, 5.74) is 7.50. The van der Waals surface area contributed by atoms with Crippen LogP contribution < -0.4 is 5.73 Å². The van der Waals surface area contributed by atoms with Crippen LogP contribution in [0.5, 0.6) is 0 Å². The lowest BCUT2D eigenvalue weighted by atomic mass is 9.98. The van der Waals surface area contributed by atoms with Crippen LogP contribution in [0.4, 0.5) is 0 Å². The van der Waals surface area contributed by atoms with Crippen LogP contribution in [-0.4, -0.2) is 29.4 Å². The molecule has 3 heteroatoms. The number of amides is 1. The number of rotatable bonds is 5. The minimum Gasteiger partial charge on any atom is -0.340 e. The van der Waals surface area contributed by atoms with Gasteiger partial charge >= 0.3 is 0 Å². The molecule has 0 radical (unpaired) electrons. The van der Waals surface area contributed by atoms with Crippen LogP contribution in [0.15, 0.2) is 30.3 Å². The first-order valence-electron chi connectivity index (χ1n) is 8.83. The molecule has 22 heavy (non-hydrogen) atoms. The average molecular weight is 300 g/mol. The Hall–Kier alpha value is -1.35. The van der Waals surface area contributed by atoms with Crippen molar-refractivity contribution in [3.63, 3.8) is 0 Å². The number of aryl methyl sites for hydroxylation is 1. The van der Waals surface area contributed by atoms with Gasteiger partial charge in [-0.25, -0.2) is 0 Å². The molecule has 1 amide bonds. The van der Waals surface area contributed by atoms with Gasteiger partial charge in [0, 0.05) is 25.0 Å². The zero-order valence-corrected chi connectivity index (χ0v) is 13.4. The first kappa shape index (κ1) is 15.5. The smallest absolute Gasteiger partial charge is 0.223 e. The van der Waals surface area contributed by atoms with E-state index in [2.05, 4.69) is 35.2 Å². The maximum atomic E-state index is 12.6. The van der Waals surface area contributed by atoms with E-state index in [0.29, 0.717) is 24.3 Å². The second-order valence-electron chi connectivity index (χ2n) is 6.97. The van der Waals surface area contributed by atoms with Crippen LogP contribution >= 0.6 is 0 Å². The van der Waals surface area contributed by atoms with E-state index in [-0.39, 0.29) is 6.04 Å². The molecule has 1 unspecified atom stereocenters. The van der Waals surface area contributed by atoms with Gasteiger partial charge in [0.05, 0.1) is 0 Å². The molecule has 120 valence electrons. The Bertz CT molecular complexity index is 487. The Morgan fingerprint density at radius 3 is 2.68 bits per heavy atom. The van der Waals surface area contributed by atoms with E-state index in [1.54, 1.807) is 0 Å². The van der Waals surface area contributed by atoms with Crippen molar-refractivity contribution in [2.24, 2.45) is 11.7 Å². The predicted molar refractivity (Wildman–Crippen MR) is 89.4 cm³/mol. The zero-order valence-electron chi connectivity index (χ0n) is 13.4. The number of hydrogen-bond acceptors (Lipinski definition) is 2. The van der Waals surface area contributed by atoms with Crippen molar-refractivity contribution in [3.05, 3.63) is 35.9 Å². The van der Waals surface area contributed by atoms with Gasteiger partial charge in [-0.05, 0) is 50.0 Å². The summed E-state index contributed by atoms with van der Waals surface area (Å²) >= 11 is 0. The molecule has 3 rings (SSSR count). The van der Waals surface area contributed by atoms with Crippen molar-refractivity contribution in [2.45, 2.75) is 63.5 Å². The molecule has 2 fully saturated rings. The number of nitrogens with two attached hydrogens (primary N) is 1. The van der Waals surface area contributed by atoms with E-state index in [1.807, 2.05) is 0 Å². The van der Waals surface area contributed by atoms with Gasteiger partial charge in [0.25, 0.3) is 0 Å². The van der Waals surface area contributed by atoms with Gasteiger partial charge in [-0.1, -0.05) is 36.8 Å². The SMILES string of the molecule is N[C@@H]1CCC[C@H]1CC(=O)N1CCCC1CCc1ccccc1. The molecular weight excluding hydrogens is 272 g/mol. The van der Waals surface area contributed by atoms with Crippen LogP contribution in [0.2, 0.25) is 0 Å². The van der Waals surface area contributed by atoms with Gasteiger partial charge in [0.15, 0.2) is 0 Å². The first-order valence-corrected chi connectivity index (χ1v) is 8.83. The minimum absolute atomic E-state index is 0.245. The van der Waals surface area contributed by atoms with Crippen molar-refractivity contribution >= 4 is 5.91 Å². The Balaban J connectivity index is 1.52. The maximum Gasteiger partial charge on any atom is 0.223 e. The Morgan fingerprint density at radius 1 is 1.14 bits per heavy atom. The molecule has 2 aliphatic rings. The molecule has 1 aromatic rings. The fourth-order valence-electron chi connectivity index (χ4n) is 4.10. The molecular formula is C19H28N2O. The monoisotopic (exact) mass is 300 g/mol. The first-order chi connectivity index (χ1) is 10.7. The summed E-state index contributed by atoms with van der Waals surface area (Å²) in [6.07, 6.45) is 8.56. The van der Waals surface area contributed by atoms with Crippen LogP contribution in [0, 0.1) is 5.92 Å². The number of hydrogen-bond donors (Lipinski definition) is 1. The molecule has 0 aromatic heterocycles. The van der Waals surface area contributed by atoms with Gasteiger partial charge in [-0.15, -0.1) is 0 Å². The van der Waals surface area contributed by atoms with Crippen molar-refractivity contribution in [1.82, 2.24) is 4.90 Å². The minimum atomic E-state index is 0.245. The molecule has 1 heterocycles. The van der Waals surface area contributed by atoms with Gasteiger partial charge in [0.1, 0.15) is 0 Å². The molecule has 0 spiro atoms. The van der Waals surface area contributed by atoms with Gasteiger partial charge in [0.2, 0.25) is 5.91 Å². The standard InChI is InChI=1S/C19H28N2O/c20-18-10-4-8-16(18)14-19(22)21-13-5-9-17(21)12-11-15-6-2-1-3-7-15/h1-3,6-7,16-18H,4-5,8-14,20H2/t16-,17?,18+/m0/s1. The third kappa shape index (κ3) is 3.70. The summed E-state index contributed by atoms with van der Waals surface area (Å²) in [6.45, 7) is 0.945. The van der Waals surface area contributed by atoms with E-state index < -0.39 is 0 Å². The second kappa shape index (κ2) is 7.28. The molecule has 0 bridgehead atoms. The van der Waals surface area contributed by atoms with E-state index in [4.69, 9.17) is 5.73 Å². The molecule has 3 nitrogen and oxygen atoms in total. The molecule has 3 atom stereocenters. The molecule has 1 aliphatic heterocycles. The summed E-state index contributed by atoms with van der Waals surface area (Å²) in [4.78, 5) is 14.8. The number of likely N-dealkylation sites (tertiary alicyclic amines) is 1. The lowest BCUT2D eigenvalue weighted by molar-refractivity contribution is -0.133. The van der Waals surface area contributed by atoms with Gasteiger partial charge in [-0.2, -0.15) is 0 Å². The highest BCUT2D eigenvalue weighted by Gasteiger charge is 2.32. The van der Waals surface area contributed by atoms with E-state index >= 15 is 0 Å². The Labute approximate surface area is 133 Å². The fourth-order valence-corrected chi connectivity index (χ4v) is 4.10. The molecule has 1 saturated carbocycles. The normalized spacial score (nSPS) is 28.2. The van der Waals surface area contributed by atoms with Crippen LogP contribution in [0.3, 0.4) is 0 Å². The summed E-state index contributed by atoms with van der Waals surface area (Å²) < 4.78 is 0. The number of nitrogens with zero attached hydrogens (tertiary/aromatic N) is 1. The molecule has 1 saturated heterocycles. The quantitative estimate of drug-likeness (QED) is 0.908. The number of benzene rings is 1. The Morgan fingerprint density at radius 2 is 1.95 bits per heavy atom. The molecule has 1 aromatic carbocycles. The summed E-state index contributed by atoms with van der Waals surface area (Å²) in [6, 6.07) is 11.3. The third-order valence-corrected chi connectivity index (χ3v) is 5.46. The van der Waals surface area contributed by atoms with Crippen LogP contribution in [0.1, 0.15) is 50.5 Å². The van der Waals surface area contributed by atoms with E-state index in [9.17, 15) is 4.79 Å².